The normalized spacial score (nSPS) is 14.4. The Balaban J connectivity index is 4.26. The zero-order valence-corrected chi connectivity index (χ0v) is 7.87. The van der Waals surface area contributed by atoms with Crippen molar-refractivity contribution >= 4 is 12.0 Å². The van der Waals surface area contributed by atoms with Gasteiger partial charge in [-0.25, -0.2) is 4.79 Å². The molecule has 0 aromatic carbocycles. The van der Waals surface area contributed by atoms with Crippen LogP contribution in [0.15, 0.2) is 0 Å². The first-order chi connectivity index (χ1) is 6.02. The van der Waals surface area contributed by atoms with E-state index in [9.17, 15) is 9.59 Å². The van der Waals surface area contributed by atoms with Crippen molar-refractivity contribution in [2.45, 2.75) is 19.1 Å². The lowest BCUT2D eigenvalue weighted by Gasteiger charge is -2.19. The predicted octanol–water partition coefficient (Wildman–Crippen LogP) is -0.769. The summed E-state index contributed by atoms with van der Waals surface area (Å²) in [6.07, 6.45) is -1.20. The highest BCUT2D eigenvalue weighted by Crippen LogP contribution is 1.96. The fourth-order valence-electron chi connectivity index (χ4n) is 0.742. The number of hydrogen-bond donors (Lipinski definition) is 2. The Morgan fingerprint density at radius 3 is 2.23 bits per heavy atom. The van der Waals surface area contributed by atoms with Crippen molar-refractivity contribution in [3.05, 3.63) is 0 Å². The lowest BCUT2D eigenvalue weighted by atomic mass is 10.2. The van der Waals surface area contributed by atoms with E-state index in [1.54, 1.807) is 6.92 Å². The largest absolute Gasteiger partial charge is 0.453 e. The number of alkyl carbamates (subject to hydrolysis) is 1. The average Bonchev–Trinajstić information content (AvgIpc) is 2.11. The summed E-state index contributed by atoms with van der Waals surface area (Å²) in [4.78, 5) is 21.6. The van der Waals surface area contributed by atoms with E-state index >= 15 is 0 Å². The van der Waals surface area contributed by atoms with Gasteiger partial charge in [0.1, 0.15) is 6.04 Å². The fraction of sp³-hybridized carbons (Fsp3) is 0.714. The average molecular weight is 190 g/mol. The first-order valence-corrected chi connectivity index (χ1v) is 3.69. The third-order valence-corrected chi connectivity index (χ3v) is 1.61. The van der Waals surface area contributed by atoms with Crippen molar-refractivity contribution in [3.63, 3.8) is 0 Å². The van der Waals surface area contributed by atoms with E-state index in [1.165, 1.54) is 14.2 Å². The second-order valence-electron chi connectivity index (χ2n) is 2.46. The van der Waals surface area contributed by atoms with Gasteiger partial charge >= 0.3 is 6.09 Å². The van der Waals surface area contributed by atoms with Gasteiger partial charge in [-0.2, -0.15) is 0 Å². The molecule has 0 saturated carbocycles. The number of primary amides is 1. The van der Waals surface area contributed by atoms with E-state index in [0.717, 1.165) is 0 Å². The van der Waals surface area contributed by atoms with Crippen LogP contribution < -0.4 is 11.1 Å². The van der Waals surface area contributed by atoms with Gasteiger partial charge in [0.15, 0.2) is 0 Å². The number of nitrogens with two attached hydrogens (primary N) is 1. The Kier molecular flexibility index (Phi) is 4.83. The molecule has 6 heteroatoms. The summed E-state index contributed by atoms with van der Waals surface area (Å²) in [5, 5.41) is 2.26. The van der Waals surface area contributed by atoms with Crippen molar-refractivity contribution < 1.29 is 19.1 Å². The molecule has 13 heavy (non-hydrogen) atoms. The number of carbonyl (C=O) groups excluding carboxylic acids is 2. The number of rotatable bonds is 4. The standard InChI is InChI=1S/C7H14N2O4/c1-4(12-2)5(6(8)10)9-7(11)13-3/h4-5H,1-3H3,(H2,8,10)(H,9,11). The predicted molar refractivity (Wildman–Crippen MR) is 45.0 cm³/mol. The number of carbonyl (C=O) groups is 2. The molecule has 0 fully saturated rings. The van der Waals surface area contributed by atoms with Gasteiger partial charge in [0, 0.05) is 7.11 Å². The van der Waals surface area contributed by atoms with Crippen LogP contribution in [0, 0.1) is 0 Å². The van der Waals surface area contributed by atoms with Gasteiger partial charge in [0.2, 0.25) is 5.91 Å². The highest BCUT2D eigenvalue weighted by molar-refractivity contribution is 5.84. The topological polar surface area (TPSA) is 90.6 Å². The van der Waals surface area contributed by atoms with Crippen molar-refractivity contribution in [1.29, 1.82) is 0 Å². The maximum absolute atomic E-state index is 10.8. The minimum Gasteiger partial charge on any atom is -0.453 e. The van der Waals surface area contributed by atoms with Crippen molar-refractivity contribution in [1.82, 2.24) is 5.32 Å². The number of hydrogen-bond acceptors (Lipinski definition) is 4. The Hall–Kier alpha value is -1.30. The van der Waals surface area contributed by atoms with Crippen LogP contribution in [-0.4, -0.2) is 38.4 Å². The lowest BCUT2D eigenvalue weighted by molar-refractivity contribution is -0.122. The molecule has 2 atom stereocenters. The highest BCUT2D eigenvalue weighted by atomic mass is 16.5. The molecule has 0 radical (unpaired) electrons. The minimum atomic E-state index is -0.877. The van der Waals surface area contributed by atoms with Crippen LogP contribution in [0.1, 0.15) is 6.92 Å². The van der Waals surface area contributed by atoms with Crippen molar-refractivity contribution in [3.8, 4) is 0 Å². The van der Waals surface area contributed by atoms with Gasteiger partial charge in [0.25, 0.3) is 0 Å². The molecular formula is C7H14N2O4. The van der Waals surface area contributed by atoms with E-state index in [0.29, 0.717) is 0 Å². The van der Waals surface area contributed by atoms with E-state index in [1.807, 2.05) is 0 Å². The Morgan fingerprint density at radius 1 is 1.38 bits per heavy atom. The molecule has 0 spiro atoms. The molecule has 0 aromatic rings. The fourth-order valence-corrected chi connectivity index (χ4v) is 0.742. The second-order valence-corrected chi connectivity index (χ2v) is 2.46. The molecule has 0 saturated heterocycles. The molecule has 0 aliphatic rings. The molecular weight excluding hydrogens is 176 g/mol. The maximum atomic E-state index is 10.8. The number of methoxy groups -OCH3 is 2. The third kappa shape index (κ3) is 3.75. The van der Waals surface area contributed by atoms with Crippen LogP contribution in [0.3, 0.4) is 0 Å². The summed E-state index contributed by atoms with van der Waals surface area (Å²) < 4.78 is 9.16. The van der Waals surface area contributed by atoms with Crippen LogP contribution in [0.4, 0.5) is 4.79 Å². The molecule has 2 unspecified atom stereocenters. The second kappa shape index (κ2) is 5.36. The van der Waals surface area contributed by atoms with Gasteiger partial charge in [-0.3, -0.25) is 4.79 Å². The molecule has 0 heterocycles. The smallest absolute Gasteiger partial charge is 0.407 e. The Morgan fingerprint density at radius 2 is 1.92 bits per heavy atom. The summed E-state index contributed by atoms with van der Waals surface area (Å²) >= 11 is 0. The van der Waals surface area contributed by atoms with E-state index < -0.39 is 24.1 Å². The van der Waals surface area contributed by atoms with Crippen molar-refractivity contribution in [2.75, 3.05) is 14.2 Å². The quantitative estimate of drug-likeness (QED) is 0.609. The van der Waals surface area contributed by atoms with E-state index in [-0.39, 0.29) is 0 Å². The molecule has 0 aromatic heterocycles. The number of amides is 2. The zero-order chi connectivity index (χ0) is 10.4. The van der Waals surface area contributed by atoms with E-state index in [2.05, 4.69) is 10.1 Å². The van der Waals surface area contributed by atoms with Crippen LogP contribution >= 0.6 is 0 Å². The summed E-state index contributed by atoms with van der Waals surface area (Å²) in [7, 11) is 2.62. The summed E-state index contributed by atoms with van der Waals surface area (Å²) in [6.45, 7) is 1.62. The first-order valence-electron chi connectivity index (χ1n) is 3.69. The van der Waals surface area contributed by atoms with Crippen LogP contribution in [0.25, 0.3) is 0 Å². The number of nitrogens with one attached hydrogen (secondary N) is 1. The monoisotopic (exact) mass is 190 g/mol. The van der Waals surface area contributed by atoms with E-state index in [4.69, 9.17) is 10.5 Å². The molecule has 0 aliphatic heterocycles. The molecule has 0 rings (SSSR count). The number of ether oxygens (including phenoxy) is 2. The van der Waals surface area contributed by atoms with Gasteiger partial charge < -0.3 is 20.5 Å². The SMILES string of the molecule is COC(=O)NC(C(N)=O)C(C)OC. The summed E-state index contributed by atoms with van der Waals surface area (Å²) in [6, 6.07) is -0.877. The van der Waals surface area contributed by atoms with Crippen LogP contribution in [0.2, 0.25) is 0 Å². The third-order valence-electron chi connectivity index (χ3n) is 1.61. The molecule has 6 nitrogen and oxygen atoms in total. The van der Waals surface area contributed by atoms with Crippen LogP contribution in [-0.2, 0) is 14.3 Å². The van der Waals surface area contributed by atoms with Gasteiger partial charge in [-0.15, -0.1) is 0 Å². The Labute approximate surface area is 76.4 Å². The minimum absolute atomic E-state index is 0.489. The van der Waals surface area contributed by atoms with Gasteiger partial charge in [0.05, 0.1) is 13.2 Å². The zero-order valence-electron chi connectivity index (χ0n) is 7.87. The molecule has 0 aliphatic carbocycles. The Bertz CT molecular complexity index is 195. The maximum Gasteiger partial charge on any atom is 0.407 e. The highest BCUT2D eigenvalue weighted by Gasteiger charge is 2.24. The van der Waals surface area contributed by atoms with Gasteiger partial charge in [-0.05, 0) is 6.92 Å². The summed E-state index contributed by atoms with van der Waals surface area (Å²) in [5.41, 5.74) is 5.03. The summed E-state index contributed by atoms with van der Waals surface area (Å²) in [5.74, 6) is -0.667. The molecule has 0 bridgehead atoms. The van der Waals surface area contributed by atoms with Crippen molar-refractivity contribution in [2.24, 2.45) is 5.73 Å². The molecule has 76 valence electrons. The van der Waals surface area contributed by atoms with Gasteiger partial charge in [-0.1, -0.05) is 0 Å². The molecule has 2 amide bonds. The first kappa shape index (κ1) is 11.7. The molecule has 3 N–H and O–H groups in total. The van der Waals surface area contributed by atoms with Crippen LogP contribution in [0.5, 0.6) is 0 Å². The lowest BCUT2D eigenvalue weighted by Crippen LogP contribution is -2.51.